The number of halogens is 1. The number of aryl methyl sites for hydroxylation is 4. The highest BCUT2D eigenvalue weighted by molar-refractivity contribution is 7.98. The molecule has 0 radical (unpaired) electrons. The number of benzene rings is 4. The van der Waals surface area contributed by atoms with E-state index in [1.807, 2.05) is 79.9 Å². The number of rotatable bonds is 9. The molecule has 2 N–H and O–H groups in total. The highest BCUT2D eigenvalue weighted by Gasteiger charge is 2.26. The van der Waals surface area contributed by atoms with E-state index in [1.54, 1.807) is 11.8 Å². The zero-order valence-corrected chi connectivity index (χ0v) is 25.8. The summed E-state index contributed by atoms with van der Waals surface area (Å²) in [7, 11) is 0. The van der Waals surface area contributed by atoms with Gasteiger partial charge in [-0.15, -0.1) is 10.2 Å². The van der Waals surface area contributed by atoms with Gasteiger partial charge in [-0.1, -0.05) is 107 Å². The van der Waals surface area contributed by atoms with E-state index < -0.39 is 6.04 Å². The van der Waals surface area contributed by atoms with Crippen LogP contribution in [0.15, 0.2) is 96.2 Å². The van der Waals surface area contributed by atoms with Crippen molar-refractivity contribution in [3.05, 3.63) is 135 Å². The van der Waals surface area contributed by atoms with E-state index in [1.165, 1.54) is 11.1 Å². The quantitative estimate of drug-likeness (QED) is 0.167. The van der Waals surface area contributed by atoms with E-state index in [2.05, 4.69) is 64.2 Å². The molecule has 5 aromatic rings. The van der Waals surface area contributed by atoms with E-state index in [4.69, 9.17) is 11.6 Å². The van der Waals surface area contributed by atoms with Crippen molar-refractivity contribution >= 4 is 35.1 Å². The second kappa shape index (κ2) is 13.3. The van der Waals surface area contributed by atoms with E-state index in [0.717, 1.165) is 44.5 Å². The molecule has 4 aromatic carbocycles. The van der Waals surface area contributed by atoms with Crippen LogP contribution in [0.25, 0.3) is 5.69 Å². The minimum Gasteiger partial charge on any atom is -0.327 e. The van der Waals surface area contributed by atoms with Crippen LogP contribution in [-0.4, -0.2) is 20.8 Å². The van der Waals surface area contributed by atoms with Gasteiger partial charge in [-0.05, 0) is 68.1 Å². The Morgan fingerprint density at radius 2 is 1.60 bits per heavy atom. The van der Waals surface area contributed by atoms with E-state index in [9.17, 15) is 4.79 Å². The molecular weight excluding hydrogens is 562 g/mol. The molecule has 1 heterocycles. The van der Waals surface area contributed by atoms with Crippen LogP contribution in [0.3, 0.4) is 0 Å². The molecule has 0 saturated heterocycles. The largest absolute Gasteiger partial charge is 0.327 e. The first-order valence-electron chi connectivity index (χ1n) is 13.9. The molecule has 0 saturated carbocycles. The molecule has 5 rings (SSSR count). The molecule has 0 fully saturated rings. The summed E-state index contributed by atoms with van der Waals surface area (Å²) in [5.41, 5.74) is 8.28. The fourth-order valence-electron chi connectivity index (χ4n) is 4.93. The molecule has 0 bridgehead atoms. The van der Waals surface area contributed by atoms with Gasteiger partial charge in [0.25, 0.3) is 0 Å². The fourth-order valence-corrected chi connectivity index (χ4v) is 5.99. The van der Waals surface area contributed by atoms with Gasteiger partial charge in [-0.2, -0.15) is 0 Å². The number of nitrogens with zero attached hydrogens (tertiary/aromatic N) is 3. The van der Waals surface area contributed by atoms with Crippen LogP contribution >= 0.6 is 23.4 Å². The van der Waals surface area contributed by atoms with E-state index >= 15 is 0 Å². The Labute approximate surface area is 256 Å². The third-order valence-electron chi connectivity index (χ3n) is 7.05. The standard InChI is InChI=1S/C34H34ClN5OS/c1-22-9-8-12-27(18-22)21-42-34-39-38-32(40(34)31-20-28(35)15-14-24(31)3)30(19-26-10-6-5-7-11-26)37-33(41)36-29-16-13-23(2)17-25(29)4/h5-18,20,30H,19,21H2,1-4H3,(H2,36,37,41). The van der Waals surface area contributed by atoms with Gasteiger partial charge in [0.15, 0.2) is 11.0 Å². The number of anilines is 1. The molecule has 0 aliphatic carbocycles. The number of carbonyl (C=O) groups excluding carboxylic acids is 1. The SMILES string of the molecule is Cc1cccc(CSc2nnc(C(Cc3ccccc3)NC(=O)Nc3ccc(C)cc3C)n2-c2cc(Cl)ccc2C)c1. The van der Waals surface area contributed by atoms with Crippen molar-refractivity contribution in [2.45, 2.75) is 51.1 Å². The van der Waals surface area contributed by atoms with Crippen molar-refractivity contribution in [3.63, 3.8) is 0 Å². The van der Waals surface area contributed by atoms with Gasteiger partial charge in [0, 0.05) is 22.9 Å². The van der Waals surface area contributed by atoms with Crippen molar-refractivity contribution in [2.75, 3.05) is 5.32 Å². The number of amides is 2. The summed E-state index contributed by atoms with van der Waals surface area (Å²) in [6, 6.07) is 29.5. The Morgan fingerprint density at radius 1 is 0.833 bits per heavy atom. The van der Waals surface area contributed by atoms with E-state index in [0.29, 0.717) is 17.3 Å². The number of nitrogens with one attached hydrogen (secondary N) is 2. The highest BCUT2D eigenvalue weighted by atomic mass is 35.5. The van der Waals surface area contributed by atoms with Crippen LogP contribution in [0.1, 0.15) is 45.2 Å². The number of urea groups is 1. The number of thioether (sulfide) groups is 1. The van der Waals surface area contributed by atoms with Gasteiger partial charge in [0.05, 0.1) is 11.7 Å². The Bertz CT molecular complexity index is 1700. The summed E-state index contributed by atoms with van der Waals surface area (Å²) >= 11 is 8.10. The van der Waals surface area contributed by atoms with Crippen LogP contribution < -0.4 is 10.6 Å². The van der Waals surface area contributed by atoms with Crippen LogP contribution in [0, 0.1) is 27.7 Å². The number of aromatic nitrogens is 3. The predicted molar refractivity (Wildman–Crippen MR) is 173 cm³/mol. The lowest BCUT2D eigenvalue weighted by Crippen LogP contribution is -2.35. The second-order valence-corrected chi connectivity index (χ2v) is 11.9. The smallest absolute Gasteiger partial charge is 0.319 e. The molecular formula is C34H34ClN5OS. The monoisotopic (exact) mass is 595 g/mol. The molecule has 0 aliphatic heterocycles. The zero-order valence-electron chi connectivity index (χ0n) is 24.2. The van der Waals surface area contributed by atoms with Crippen LogP contribution in [-0.2, 0) is 12.2 Å². The topological polar surface area (TPSA) is 71.8 Å². The first kappa shape index (κ1) is 29.4. The van der Waals surface area contributed by atoms with Gasteiger partial charge in [0.1, 0.15) is 0 Å². The molecule has 1 unspecified atom stereocenters. The van der Waals surface area contributed by atoms with Gasteiger partial charge in [-0.3, -0.25) is 4.57 Å². The minimum absolute atomic E-state index is 0.311. The van der Waals surface area contributed by atoms with Crippen molar-refractivity contribution in [2.24, 2.45) is 0 Å². The van der Waals surface area contributed by atoms with Gasteiger partial charge >= 0.3 is 6.03 Å². The molecule has 2 amide bonds. The third kappa shape index (κ3) is 7.22. The lowest BCUT2D eigenvalue weighted by atomic mass is 10.0. The lowest BCUT2D eigenvalue weighted by molar-refractivity contribution is 0.247. The van der Waals surface area contributed by atoms with Gasteiger partial charge < -0.3 is 10.6 Å². The average molecular weight is 596 g/mol. The van der Waals surface area contributed by atoms with E-state index in [-0.39, 0.29) is 6.03 Å². The summed E-state index contributed by atoms with van der Waals surface area (Å²) in [5, 5.41) is 16.9. The van der Waals surface area contributed by atoms with Crippen molar-refractivity contribution in [1.29, 1.82) is 0 Å². The van der Waals surface area contributed by atoms with Crippen LogP contribution in [0.4, 0.5) is 10.5 Å². The van der Waals surface area contributed by atoms with Crippen molar-refractivity contribution < 1.29 is 4.79 Å². The summed E-state index contributed by atoms with van der Waals surface area (Å²) in [5.74, 6) is 1.36. The molecule has 42 heavy (non-hydrogen) atoms. The summed E-state index contributed by atoms with van der Waals surface area (Å²) in [4.78, 5) is 13.4. The maximum atomic E-state index is 13.4. The average Bonchev–Trinajstić information content (AvgIpc) is 3.39. The maximum absolute atomic E-state index is 13.4. The Kier molecular flexibility index (Phi) is 9.30. The molecule has 1 aromatic heterocycles. The molecule has 1 atom stereocenters. The molecule has 0 aliphatic rings. The summed E-state index contributed by atoms with van der Waals surface area (Å²) < 4.78 is 2.03. The van der Waals surface area contributed by atoms with Gasteiger partial charge in [-0.25, -0.2) is 4.79 Å². The maximum Gasteiger partial charge on any atom is 0.319 e. The lowest BCUT2D eigenvalue weighted by Gasteiger charge is -2.22. The molecule has 6 nitrogen and oxygen atoms in total. The Morgan fingerprint density at radius 3 is 2.36 bits per heavy atom. The molecule has 0 spiro atoms. The number of carbonyl (C=O) groups is 1. The van der Waals surface area contributed by atoms with Crippen molar-refractivity contribution in [3.8, 4) is 5.69 Å². The Hall–Kier alpha value is -4.07. The van der Waals surface area contributed by atoms with Crippen LogP contribution in [0.2, 0.25) is 5.02 Å². The highest BCUT2D eigenvalue weighted by Crippen LogP contribution is 2.32. The third-order valence-corrected chi connectivity index (χ3v) is 8.29. The second-order valence-electron chi connectivity index (χ2n) is 10.5. The Balaban J connectivity index is 1.53. The zero-order chi connectivity index (χ0) is 29.6. The molecule has 214 valence electrons. The normalized spacial score (nSPS) is 11.7. The summed E-state index contributed by atoms with van der Waals surface area (Å²) in [6.45, 7) is 8.15. The van der Waals surface area contributed by atoms with Crippen LogP contribution in [0.5, 0.6) is 0 Å². The predicted octanol–water partition coefficient (Wildman–Crippen LogP) is 8.55. The first-order valence-corrected chi connectivity index (χ1v) is 15.2. The summed E-state index contributed by atoms with van der Waals surface area (Å²) in [6.07, 6.45) is 0.529. The minimum atomic E-state index is -0.475. The molecule has 8 heteroatoms. The fraction of sp³-hybridized carbons (Fsp3) is 0.206. The first-order chi connectivity index (χ1) is 20.3. The number of hydrogen-bond donors (Lipinski definition) is 2. The van der Waals surface area contributed by atoms with Crippen molar-refractivity contribution in [1.82, 2.24) is 20.1 Å². The van der Waals surface area contributed by atoms with Gasteiger partial charge in [0.2, 0.25) is 0 Å². The number of hydrogen-bond acceptors (Lipinski definition) is 4.